The number of hydrogen-bond acceptors (Lipinski definition) is 4. The number of methoxy groups -OCH3 is 1. The third kappa shape index (κ3) is 4.23. The van der Waals surface area contributed by atoms with Crippen LogP contribution in [0.3, 0.4) is 0 Å². The van der Waals surface area contributed by atoms with Crippen molar-refractivity contribution < 1.29 is 14.3 Å². The molecule has 0 heterocycles. The van der Waals surface area contributed by atoms with Gasteiger partial charge in [-0.15, -0.1) is 0 Å². The van der Waals surface area contributed by atoms with Gasteiger partial charge in [-0.3, -0.25) is 4.79 Å². The average Bonchev–Trinajstić information content (AvgIpc) is 2.12. The van der Waals surface area contributed by atoms with Gasteiger partial charge in [-0.1, -0.05) is 0 Å². The van der Waals surface area contributed by atoms with Crippen molar-refractivity contribution in [2.45, 2.75) is 32.2 Å². The molecule has 5 nitrogen and oxygen atoms in total. The molecule has 3 N–H and O–H groups in total. The highest BCUT2D eigenvalue weighted by atomic mass is 16.5. The molecule has 0 atom stereocenters. The smallest absolute Gasteiger partial charge is 0.330 e. The first kappa shape index (κ1) is 12.9. The molecule has 14 heavy (non-hydrogen) atoms. The number of ether oxygens (including phenoxy) is 1. The van der Waals surface area contributed by atoms with E-state index in [1.165, 1.54) is 7.11 Å². The summed E-state index contributed by atoms with van der Waals surface area (Å²) >= 11 is 0. The van der Waals surface area contributed by atoms with Gasteiger partial charge in [0.15, 0.2) is 0 Å². The standard InChI is InChI=1S/C9H18N2O3/c1-9(2,8(13)14-3)11-7(12)5-4-6-10/h4-6,10H2,1-3H3,(H,11,12). The molecule has 0 bridgehead atoms. The molecule has 0 saturated heterocycles. The molecule has 0 aromatic carbocycles. The molecule has 5 heteroatoms. The molecule has 0 aliphatic carbocycles. The van der Waals surface area contributed by atoms with Gasteiger partial charge < -0.3 is 15.8 Å². The molecule has 0 aliphatic heterocycles. The summed E-state index contributed by atoms with van der Waals surface area (Å²) in [7, 11) is 1.29. The van der Waals surface area contributed by atoms with Gasteiger partial charge in [-0.25, -0.2) is 4.79 Å². The van der Waals surface area contributed by atoms with E-state index in [4.69, 9.17) is 5.73 Å². The minimum Gasteiger partial charge on any atom is -0.467 e. The highest BCUT2D eigenvalue weighted by Crippen LogP contribution is 2.05. The van der Waals surface area contributed by atoms with E-state index in [1.807, 2.05) is 0 Å². The van der Waals surface area contributed by atoms with Crippen molar-refractivity contribution in [1.29, 1.82) is 0 Å². The monoisotopic (exact) mass is 202 g/mol. The van der Waals surface area contributed by atoms with Crippen LogP contribution in [0.15, 0.2) is 0 Å². The van der Waals surface area contributed by atoms with Crippen LogP contribution in [0.1, 0.15) is 26.7 Å². The molecule has 0 fully saturated rings. The molecular weight excluding hydrogens is 184 g/mol. The van der Waals surface area contributed by atoms with Gasteiger partial charge >= 0.3 is 5.97 Å². The fourth-order valence-electron chi connectivity index (χ4n) is 0.980. The SMILES string of the molecule is COC(=O)C(C)(C)NC(=O)CCCN. The van der Waals surface area contributed by atoms with Gasteiger partial charge in [0.05, 0.1) is 7.11 Å². The van der Waals surface area contributed by atoms with Crippen LogP contribution in [0.25, 0.3) is 0 Å². The van der Waals surface area contributed by atoms with E-state index in [0.717, 1.165) is 0 Å². The summed E-state index contributed by atoms with van der Waals surface area (Å²) in [5.41, 5.74) is 4.28. The second-order valence-electron chi connectivity index (χ2n) is 3.56. The Bertz CT molecular complexity index is 214. The van der Waals surface area contributed by atoms with Crippen molar-refractivity contribution in [1.82, 2.24) is 5.32 Å². The van der Waals surface area contributed by atoms with Crippen molar-refractivity contribution >= 4 is 11.9 Å². The first-order valence-electron chi connectivity index (χ1n) is 4.53. The minimum atomic E-state index is -0.972. The number of hydrogen-bond donors (Lipinski definition) is 2. The Hall–Kier alpha value is -1.10. The fourth-order valence-corrected chi connectivity index (χ4v) is 0.980. The Labute approximate surface area is 84.0 Å². The van der Waals surface area contributed by atoms with Crippen LogP contribution in [0.5, 0.6) is 0 Å². The predicted octanol–water partition coefficient (Wildman–Crippen LogP) is -0.207. The largest absolute Gasteiger partial charge is 0.467 e. The summed E-state index contributed by atoms with van der Waals surface area (Å²) in [6.07, 6.45) is 0.944. The number of nitrogens with one attached hydrogen (secondary N) is 1. The van der Waals surface area contributed by atoms with Crippen LogP contribution in [0.4, 0.5) is 0 Å². The van der Waals surface area contributed by atoms with Gasteiger partial charge in [0.2, 0.25) is 5.91 Å². The molecular formula is C9H18N2O3. The summed E-state index contributed by atoms with van der Waals surface area (Å²) in [6, 6.07) is 0. The molecule has 82 valence electrons. The maximum absolute atomic E-state index is 11.3. The molecule has 0 aromatic heterocycles. The summed E-state index contributed by atoms with van der Waals surface area (Å²) in [6.45, 7) is 3.66. The number of carbonyl (C=O) groups excluding carboxylic acids is 2. The summed E-state index contributed by atoms with van der Waals surface area (Å²) in [5.74, 6) is -0.649. The quantitative estimate of drug-likeness (QED) is 0.604. The van der Waals surface area contributed by atoms with E-state index in [9.17, 15) is 9.59 Å². The van der Waals surface area contributed by atoms with E-state index in [0.29, 0.717) is 19.4 Å². The molecule has 0 unspecified atom stereocenters. The molecule has 0 aromatic rings. The highest BCUT2D eigenvalue weighted by Gasteiger charge is 2.29. The topological polar surface area (TPSA) is 81.4 Å². The van der Waals surface area contributed by atoms with Crippen LogP contribution >= 0.6 is 0 Å². The average molecular weight is 202 g/mol. The zero-order valence-corrected chi connectivity index (χ0v) is 8.92. The summed E-state index contributed by atoms with van der Waals surface area (Å²) in [4.78, 5) is 22.4. The second kappa shape index (κ2) is 5.59. The van der Waals surface area contributed by atoms with Gasteiger partial charge in [0.1, 0.15) is 5.54 Å². The van der Waals surface area contributed by atoms with E-state index in [-0.39, 0.29) is 5.91 Å². The lowest BCUT2D eigenvalue weighted by Crippen LogP contribution is -2.50. The minimum absolute atomic E-state index is 0.189. The number of esters is 1. The van der Waals surface area contributed by atoms with Gasteiger partial charge in [0.25, 0.3) is 0 Å². The van der Waals surface area contributed by atoms with Gasteiger partial charge in [0, 0.05) is 6.42 Å². The Kier molecular flexibility index (Phi) is 5.15. The first-order chi connectivity index (χ1) is 6.44. The zero-order valence-electron chi connectivity index (χ0n) is 8.92. The van der Waals surface area contributed by atoms with E-state index in [1.54, 1.807) is 13.8 Å². The highest BCUT2D eigenvalue weighted by molar-refractivity contribution is 5.87. The van der Waals surface area contributed by atoms with Crippen molar-refractivity contribution in [2.24, 2.45) is 5.73 Å². The molecule has 0 spiro atoms. The van der Waals surface area contributed by atoms with Crippen molar-refractivity contribution in [2.75, 3.05) is 13.7 Å². The molecule has 1 amide bonds. The van der Waals surface area contributed by atoms with E-state index < -0.39 is 11.5 Å². The molecule has 0 aliphatic rings. The Balaban J connectivity index is 4.08. The number of rotatable bonds is 5. The Morgan fingerprint density at radius 1 is 1.43 bits per heavy atom. The molecule has 0 rings (SSSR count). The number of nitrogens with two attached hydrogens (primary N) is 1. The van der Waals surface area contributed by atoms with Crippen LogP contribution in [0.2, 0.25) is 0 Å². The maximum Gasteiger partial charge on any atom is 0.330 e. The van der Waals surface area contributed by atoms with Crippen LogP contribution < -0.4 is 11.1 Å². The normalized spacial score (nSPS) is 10.9. The molecule has 0 saturated carbocycles. The van der Waals surface area contributed by atoms with Crippen LogP contribution in [-0.4, -0.2) is 31.1 Å². The Morgan fingerprint density at radius 3 is 2.43 bits per heavy atom. The second-order valence-corrected chi connectivity index (χ2v) is 3.56. The van der Waals surface area contributed by atoms with Gasteiger partial charge in [-0.2, -0.15) is 0 Å². The third-order valence-corrected chi connectivity index (χ3v) is 1.76. The third-order valence-electron chi connectivity index (χ3n) is 1.76. The van der Waals surface area contributed by atoms with E-state index >= 15 is 0 Å². The lowest BCUT2D eigenvalue weighted by molar-refractivity contribution is -0.149. The number of amides is 1. The van der Waals surface area contributed by atoms with Gasteiger partial charge in [-0.05, 0) is 26.8 Å². The lowest BCUT2D eigenvalue weighted by Gasteiger charge is -2.22. The van der Waals surface area contributed by atoms with Crippen LogP contribution in [0, 0.1) is 0 Å². The molecule has 0 radical (unpaired) electrons. The Morgan fingerprint density at radius 2 is 2.00 bits per heavy atom. The number of carbonyl (C=O) groups is 2. The van der Waals surface area contributed by atoms with Crippen LogP contribution in [-0.2, 0) is 14.3 Å². The van der Waals surface area contributed by atoms with Crippen molar-refractivity contribution in [3.05, 3.63) is 0 Å². The predicted molar refractivity (Wildman–Crippen MR) is 52.5 cm³/mol. The zero-order chi connectivity index (χ0) is 11.2. The fraction of sp³-hybridized carbons (Fsp3) is 0.778. The lowest BCUT2D eigenvalue weighted by atomic mass is 10.1. The van der Waals surface area contributed by atoms with E-state index in [2.05, 4.69) is 10.1 Å². The maximum atomic E-state index is 11.3. The van der Waals surface area contributed by atoms with Crippen molar-refractivity contribution in [3.8, 4) is 0 Å². The summed E-state index contributed by atoms with van der Waals surface area (Å²) < 4.78 is 4.54. The summed E-state index contributed by atoms with van der Waals surface area (Å²) in [5, 5.41) is 2.57. The van der Waals surface area contributed by atoms with Crippen molar-refractivity contribution in [3.63, 3.8) is 0 Å². The first-order valence-corrected chi connectivity index (χ1v) is 4.53.